The first-order valence-corrected chi connectivity index (χ1v) is 11.2. The summed E-state index contributed by atoms with van der Waals surface area (Å²) in [6.45, 7) is 8.52. The highest BCUT2D eigenvalue weighted by molar-refractivity contribution is 5.78. The van der Waals surface area contributed by atoms with E-state index in [1.165, 1.54) is 12.1 Å². The zero-order valence-electron chi connectivity index (χ0n) is 19.6. The fraction of sp³-hybridized carbons (Fsp3) is 0.462. The molecule has 0 radical (unpaired) electrons. The van der Waals surface area contributed by atoms with Gasteiger partial charge in [-0.05, 0) is 67.1 Å². The fourth-order valence-corrected chi connectivity index (χ4v) is 3.96. The molecule has 2 amide bonds. The van der Waals surface area contributed by atoms with E-state index in [0.29, 0.717) is 18.7 Å². The third kappa shape index (κ3) is 5.47. The van der Waals surface area contributed by atoms with Crippen molar-refractivity contribution >= 4 is 11.8 Å². The first-order chi connectivity index (χ1) is 15.2. The van der Waals surface area contributed by atoms with Crippen molar-refractivity contribution in [2.45, 2.75) is 52.6 Å². The standard InChI is InChI=1S/C26H33FN2O3/c1-17(2)14-24(30)29-13-12-19-8-11-22(32-16-25(31)28(5)18(3)4)15-23(19)26(29)20-6-9-21(27)10-7-20/h6-11,15,17-18,26H,12-14,16H2,1-5H3/t26-/m0/s1. The molecule has 6 heteroatoms. The van der Waals surface area contributed by atoms with E-state index in [4.69, 9.17) is 4.74 Å². The number of amides is 2. The molecule has 0 aliphatic carbocycles. The normalized spacial score (nSPS) is 15.6. The number of halogens is 1. The van der Waals surface area contributed by atoms with Crippen LogP contribution in [0.1, 0.15) is 56.8 Å². The van der Waals surface area contributed by atoms with E-state index in [2.05, 4.69) is 0 Å². The monoisotopic (exact) mass is 440 g/mol. The van der Waals surface area contributed by atoms with Gasteiger partial charge in [0.1, 0.15) is 11.6 Å². The number of rotatable bonds is 7. The minimum Gasteiger partial charge on any atom is -0.484 e. The van der Waals surface area contributed by atoms with Gasteiger partial charge in [0.05, 0.1) is 6.04 Å². The maximum Gasteiger partial charge on any atom is 0.260 e. The van der Waals surface area contributed by atoms with Gasteiger partial charge in [0, 0.05) is 26.1 Å². The summed E-state index contributed by atoms with van der Waals surface area (Å²) in [4.78, 5) is 28.9. The molecule has 0 aromatic heterocycles. The molecule has 0 saturated carbocycles. The molecule has 1 aliphatic heterocycles. The van der Waals surface area contributed by atoms with Crippen LogP contribution in [0, 0.1) is 11.7 Å². The van der Waals surface area contributed by atoms with Crippen LogP contribution in [0.25, 0.3) is 0 Å². The Labute approximate surface area is 190 Å². The summed E-state index contributed by atoms with van der Waals surface area (Å²) in [6, 6.07) is 11.9. The summed E-state index contributed by atoms with van der Waals surface area (Å²) < 4.78 is 19.4. The minimum absolute atomic E-state index is 0.0509. The number of fused-ring (bicyclic) bond motifs is 1. The molecule has 172 valence electrons. The van der Waals surface area contributed by atoms with Gasteiger partial charge in [-0.3, -0.25) is 9.59 Å². The lowest BCUT2D eigenvalue weighted by atomic mass is 9.87. The Hall–Kier alpha value is -2.89. The topological polar surface area (TPSA) is 49.9 Å². The van der Waals surface area contributed by atoms with Crippen molar-refractivity contribution in [2.24, 2.45) is 5.92 Å². The zero-order valence-corrected chi connectivity index (χ0v) is 19.6. The predicted octanol–water partition coefficient (Wildman–Crippen LogP) is 4.59. The lowest BCUT2D eigenvalue weighted by Crippen LogP contribution is -2.41. The van der Waals surface area contributed by atoms with Gasteiger partial charge in [-0.1, -0.05) is 32.0 Å². The first kappa shape index (κ1) is 23.8. The van der Waals surface area contributed by atoms with Crippen LogP contribution >= 0.6 is 0 Å². The number of hydrogen-bond donors (Lipinski definition) is 0. The van der Waals surface area contributed by atoms with Gasteiger partial charge in [-0.15, -0.1) is 0 Å². The number of ether oxygens (including phenoxy) is 1. The third-order valence-electron chi connectivity index (χ3n) is 5.96. The molecule has 1 heterocycles. The second-order valence-electron chi connectivity index (χ2n) is 9.14. The summed E-state index contributed by atoms with van der Waals surface area (Å²) in [5.74, 6) is 0.507. The Balaban J connectivity index is 1.92. The van der Waals surface area contributed by atoms with Crippen LogP contribution in [-0.2, 0) is 16.0 Å². The van der Waals surface area contributed by atoms with E-state index in [1.54, 1.807) is 24.1 Å². The number of hydrogen-bond acceptors (Lipinski definition) is 3. The lowest BCUT2D eigenvalue weighted by molar-refractivity contribution is -0.134. The van der Waals surface area contributed by atoms with Crippen molar-refractivity contribution in [2.75, 3.05) is 20.2 Å². The zero-order chi connectivity index (χ0) is 23.4. The Bertz CT molecular complexity index is 956. The molecule has 2 aromatic rings. The van der Waals surface area contributed by atoms with Crippen LogP contribution in [0.3, 0.4) is 0 Å². The molecule has 0 N–H and O–H groups in total. The molecule has 5 nitrogen and oxygen atoms in total. The van der Waals surface area contributed by atoms with Gasteiger partial charge in [0.25, 0.3) is 5.91 Å². The molecule has 0 bridgehead atoms. The quantitative estimate of drug-likeness (QED) is 0.633. The first-order valence-electron chi connectivity index (χ1n) is 11.2. The van der Waals surface area contributed by atoms with Crippen molar-refractivity contribution in [3.63, 3.8) is 0 Å². The third-order valence-corrected chi connectivity index (χ3v) is 5.96. The van der Waals surface area contributed by atoms with E-state index >= 15 is 0 Å². The Morgan fingerprint density at radius 3 is 2.44 bits per heavy atom. The summed E-state index contributed by atoms with van der Waals surface area (Å²) in [6.07, 6.45) is 1.20. The average Bonchev–Trinajstić information content (AvgIpc) is 2.76. The molecule has 0 spiro atoms. The van der Waals surface area contributed by atoms with E-state index in [1.807, 2.05) is 50.8 Å². The summed E-state index contributed by atoms with van der Waals surface area (Å²) in [5.41, 5.74) is 2.95. The number of carbonyl (C=O) groups is 2. The second kappa shape index (κ2) is 10.2. The molecular weight excluding hydrogens is 407 g/mol. The smallest absolute Gasteiger partial charge is 0.260 e. The number of nitrogens with zero attached hydrogens (tertiary/aromatic N) is 2. The Morgan fingerprint density at radius 1 is 1.12 bits per heavy atom. The largest absolute Gasteiger partial charge is 0.484 e. The molecule has 0 unspecified atom stereocenters. The number of benzene rings is 2. The van der Waals surface area contributed by atoms with Crippen LogP contribution in [0.2, 0.25) is 0 Å². The summed E-state index contributed by atoms with van der Waals surface area (Å²) in [5, 5.41) is 0. The Morgan fingerprint density at radius 2 is 1.81 bits per heavy atom. The average molecular weight is 441 g/mol. The van der Waals surface area contributed by atoms with Gasteiger partial charge in [-0.25, -0.2) is 4.39 Å². The highest BCUT2D eigenvalue weighted by atomic mass is 19.1. The van der Waals surface area contributed by atoms with E-state index < -0.39 is 0 Å². The van der Waals surface area contributed by atoms with Crippen LogP contribution in [0.5, 0.6) is 5.75 Å². The van der Waals surface area contributed by atoms with Crippen LogP contribution < -0.4 is 4.74 Å². The molecule has 32 heavy (non-hydrogen) atoms. The van der Waals surface area contributed by atoms with Crippen molar-refractivity contribution in [3.05, 3.63) is 65.0 Å². The van der Waals surface area contributed by atoms with Gasteiger partial charge >= 0.3 is 0 Å². The molecule has 0 fully saturated rings. The lowest BCUT2D eigenvalue weighted by Gasteiger charge is -2.38. The highest BCUT2D eigenvalue weighted by Gasteiger charge is 2.32. The summed E-state index contributed by atoms with van der Waals surface area (Å²) >= 11 is 0. The molecular formula is C26H33FN2O3. The molecule has 3 rings (SSSR count). The predicted molar refractivity (Wildman–Crippen MR) is 123 cm³/mol. The van der Waals surface area contributed by atoms with Crippen LogP contribution in [0.15, 0.2) is 42.5 Å². The molecule has 1 atom stereocenters. The van der Waals surface area contributed by atoms with Crippen molar-refractivity contribution in [1.82, 2.24) is 9.80 Å². The van der Waals surface area contributed by atoms with E-state index in [0.717, 1.165) is 23.1 Å². The van der Waals surface area contributed by atoms with E-state index in [-0.39, 0.29) is 42.2 Å². The SMILES string of the molecule is CC(C)CC(=O)N1CCc2ccc(OCC(=O)N(C)C(C)C)cc2[C@@H]1c1ccc(F)cc1. The maximum absolute atomic E-state index is 13.6. The van der Waals surface area contributed by atoms with Crippen molar-refractivity contribution in [3.8, 4) is 5.75 Å². The second-order valence-corrected chi connectivity index (χ2v) is 9.14. The molecule has 2 aromatic carbocycles. The number of carbonyl (C=O) groups excluding carboxylic acids is 2. The van der Waals surface area contributed by atoms with Gasteiger partial charge in [0.2, 0.25) is 5.91 Å². The maximum atomic E-state index is 13.6. The van der Waals surface area contributed by atoms with E-state index in [9.17, 15) is 14.0 Å². The molecule has 0 saturated heterocycles. The number of likely N-dealkylation sites (N-methyl/N-ethyl adjacent to an activating group) is 1. The van der Waals surface area contributed by atoms with Crippen LogP contribution in [-0.4, -0.2) is 47.9 Å². The summed E-state index contributed by atoms with van der Waals surface area (Å²) in [7, 11) is 1.76. The van der Waals surface area contributed by atoms with Crippen molar-refractivity contribution < 1.29 is 18.7 Å². The van der Waals surface area contributed by atoms with Gasteiger partial charge < -0.3 is 14.5 Å². The van der Waals surface area contributed by atoms with Gasteiger partial charge in [-0.2, -0.15) is 0 Å². The fourth-order valence-electron chi connectivity index (χ4n) is 3.96. The molecule has 1 aliphatic rings. The van der Waals surface area contributed by atoms with Crippen molar-refractivity contribution in [1.29, 1.82) is 0 Å². The minimum atomic E-state index is -0.316. The van der Waals surface area contributed by atoms with Crippen LogP contribution in [0.4, 0.5) is 4.39 Å². The Kier molecular flexibility index (Phi) is 7.54. The van der Waals surface area contributed by atoms with Gasteiger partial charge in [0.15, 0.2) is 6.61 Å². The highest BCUT2D eigenvalue weighted by Crippen LogP contribution is 2.38.